The van der Waals surface area contributed by atoms with Crippen LogP contribution in [0.25, 0.3) is 0 Å². The van der Waals surface area contributed by atoms with Crippen LogP contribution < -0.4 is 5.73 Å². The molecular formula is C22H39NO3. The van der Waals surface area contributed by atoms with Gasteiger partial charge in [0.25, 0.3) is 0 Å². The molecule has 0 atom stereocenters. The van der Waals surface area contributed by atoms with E-state index in [2.05, 4.69) is 13.5 Å². The fourth-order valence-corrected chi connectivity index (χ4v) is 4.78. The van der Waals surface area contributed by atoms with E-state index in [0.717, 1.165) is 17.8 Å². The summed E-state index contributed by atoms with van der Waals surface area (Å²) in [5.74, 6) is 2.82. The molecule has 2 aliphatic rings. The molecule has 0 unspecified atom stereocenters. The van der Waals surface area contributed by atoms with E-state index in [1.807, 2.05) is 0 Å². The first-order valence-corrected chi connectivity index (χ1v) is 10.9. The lowest BCUT2D eigenvalue weighted by molar-refractivity contribution is -0.275. The largest absolute Gasteiger partial charge is 0.369 e. The Morgan fingerprint density at radius 2 is 1.54 bits per heavy atom. The molecule has 2 rings (SSSR count). The van der Waals surface area contributed by atoms with E-state index in [-0.39, 0.29) is 12.1 Å². The molecule has 0 aromatic rings. The second-order valence-corrected chi connectivity index (χ2v) is 8.52. The Kier molecular flexibility index (Phi) is 9.69. The van der Waals surface area contributed by atoms with E-state index >= 15 is 0 Å². The van der Waals surface area contributed by atoms with Gasteiger partial charge >= 0.3 is 5.97 Å². The van der Waals surface area contributed by atoms with Crippen molar-refractivity contribution in [2.75, 3.05) is 13.2 Å². The first-order valence-electron chi connectivity index (χ1n) is 10.9. The Labute approximate surface area is 159 Å². The molecular weight excluding hydrogens is 326 g/mol. The van der Waals surface area contributed by atoms with Gasteiger partial charge in [0.05, 0.1) is 6.61 Å². The standard InChI is InChI=1S/C22H39NO3/c1-3-4-5-6-18-7-11-20(12-8-18)21-13-9-19(10-14-21)16-25-26-22(24)17(2)15-23/h18-21H,2-16,23H2,1H3. The van der Waals surface area contributed by atoms with Crippen molar-refractivity contribution in [3.05, 3.63) is 12.2 Å². The smallest absolute Gasteiger partial charge is 0.326 e. The molecule has 0 spiro atoms. The molecule has 0 bridgehead atoms. The fourth-order valence-electron chi connectivity index (χ4n) is 4.78. The Morgan fingerprint density at radius 3 is 2.08 bits per heavy atom. The van der Waals surface area contributed by atoms with Crippen molar-refractivity contribution >= 4 is 5.97 Å². The monoisotopic (exact) mass is 365 g/mol. The van der Waals surface area contributed by atoms with Crippen LogP contribution in [0.1, 0.15) is 84.0 Å². The number of carbonyl (C=O) groups excluding carboxylic acids is 1. The van der Waals surface area contributed by atoms with Crippen molar-refractivity contribution in [1.82, 2.24) is 0 Å². The minimum absolute atomic E-state index is 0.105. The van der Waals surface area contributed by atoms with Crippen molar-refractivity contribution in [3.8, 4) is 0 Å². The molecule has 0 amide bonds. The first-order chi connectivity index (χ1) is 12.6. The SMILES string of the molecule is C=C(CN)C(=O)OOCC1CCC(C2CCC(CCCCC)CC2)CC1. The van der Waals surface area contributed by atoms with Gasteiger partial charge in [0.15, 0.2) is 0 Å². The van der Waals surface area contributed by atoms with Crippen LogP contribution in [0.3, 0.4) is 0 Å². The van der Waals surface area contributed by atoms with E-state index in [1.165, 1.54) is 77.0 Å². The zero-order valence-electron chi connectivity index (χ0n) is 16.7. The Morgan fingerprint density at radius 1 is 0.962 bits per heavy atom. The molecule has 26 heavy (non-hydrogen) atoms. The van der Waals surface area contributed by atoms with Gasteiger partial charge in [-0.15, -0.1) is 0 Å². The normalized spacial score (nSPS) is 29.3. The second kappa shape index (κ2) is 11.8. The summed E-state index contributed by atoms with van der Waals surface area (Å²) in [6, 6.07) is 0. The van der Waals surface area contributed by atoms with Gasteiger partial charge in [0, 0.05) is 12.1 Å². The summed E-state index contributed by atoms with van der Waals surface area (Å²) >= 11 is 0. The summed E-state index contributed by atoms with van der Waals surface area (Å²) in [6.07, 6.45) is 16.4. The predicted molar refractivity (Wildman–Crippen MR) is 105 cm³/mol. The van der Waals surface area contributed by atoms with Gasteiger partial charge in [-0.2, -0.15) is 4.89 Å². The quantitative estimate of drug-likeness (QED) is 0.251. The average molecular weight is 366 g/mol. The van der Waals surface area contributed by atoms with Gasteiger partial charge in [-0.1, -0.05) is 52.0 Å². The van der Waals surface area contributed by atoms with Crippen molar-refractivity contribution < 1.29 is 14.6 Å². The van der Waals surface area contributed by atoms with Crippen LogP contribution >= 0.6 is 0 Å². The topological polar surface area (TPSA) is 61.6 Å². The van der Waals surface area contributed by atoms with Crippen LogP contribution in [0.2, 0.25) is 0 Å². The highest BCUT2D eigenvalue weighted by Gasteiger charge is 2.31. The van der Waals surface area contributed by atoms with Crippen molar-refractivity contribution in [1.29, 1.82) is 0 Å². The molecule has 2 N–H and O–H groups in total. The van der Waals surface area contributed by atoms with Gasteiger partial charge in [-0.3, -0.25) is 4.89 Å². The van der Waals surface area contributed by atoms with Crippen LogP contribution in [0.5, 0.6) is 0 Å². The lowest BCUT2D eigenvalue weighted by Gasteiger charge is -2.37. The Hall–Kier alpha value is -0.870. The molecule has 0 radical (unpaired) electrons. The Bertz CT molecular complexity index is 421. The van der Waals surface area contributed by atoms with Crippen LogP contribution in [-0.2, 0) is 14.6 Å². The van der Waals surface area contributed by atoms with Gasteiger partial charge in [0.1, 0.15) is 0 Å². The summed E-state index contributed by atoms with van der Waals surface area (Å²) in [4.78, 5) is 21.4. The van der Waals surface area contributed by atoms with Crippen LogP contribution in [0.4, 0.5) is 0 Å². The summed E-state index contributed by atoms with van der Waals surface area (Å²) in [5, 5.41) is 0. The fraction of sp³-hybridized carbons (Fsp3) is 0.864. The maximum Gasteiger partial charge on any atom is 0.369 e. The molecule has 2 saturated carbocycles. The third-order valence-corrected chi connectivity index (χ3v) is 6.64. The zero-order chi connectivity index (χ0) is 18.8. The molecule has 4 nitrogen and oxygen atoms in total. The summed E-state index contributed by atoms with van der Waals surface area (Å²) < 4.78 is 0. The third-order valence-electron chi connectivity index (χ3n) is 6.64. The average Bonchev–Trinajstić information content (AvgIpc) is 2.68. The van der Waals surface area contributed by atoms with Crippen molar-refractivity contribution in [2.45, 2.75) is 84.0 Å². The highest BCUT2D eigenvalue weighted by Crippen LogP contribution is 2.42. The van der Waals surface area contributed by atoms with Gasteiger partial charge < -0.3 is 5.73 Å². The van der Waals surface area contributed by atoms with E-state index in [4.69, 9.17) is 15.5 Å². The van der Waals surface area contributed by atoms with Crippen LogP contribution in [-0.4, -0.2) is 19.1 Å². The maximum absolute atomic E-state index is 11.5. The third kappa shape index (κ3) is 7.03. The maximum atomic E-state index is 11.5. The van der Waals surface area contributed by atoms with E-state index in [1.54, 1.807) is 0 Å². The molecule has 0 aliphatic heterocycles. The molecule has 150 valence electrons. The predicted octanol–water partition coefficient (Wildman–Crippen LogP) is 5.17. The minimum Gasteiger partial charge on any atom is -0.326 e. The highest BCUT2D eigenvalue weighted by molar-refractivity contribution is 5.87. The van der Waals surface area contributed by atoms with Crippen LogP contribution in [0, 0.1) is 23.7 Å². The number of hydrogen-bond acceptors (Lipinski definition) is 4. The van der Waals surface area contributed by atoms with E-state index < -0.39 is 5.97 Å². The number of carbonyl (C=O) groups is 1. The van der Waals surface area contributed by atoms with Gasteiger partial charge in [-0.05, 0) is 62.2 Å². The lowest BCUT2D eigenvalue weighted by atomic mass is 9.69. The number of unbranched alkanes of at least 4 members (excludes halogenated alkanes) is 2. The second-order valence-electron chi connectivity index (χ2n) is 8.52. The Balaban J connectivity index is 1.57. The van der Waals surface area contributed by atoms with Crippen molar-refractivity contribution in [3.63, 3.8) is 0 Å². The highest BCUT2D eigenvalue weighted by atomic mass is 17.2. The van der Waals surface area contributed by atoms with E-state index in [0.29, 0.717) is 12.5 Å². The zero-order valence-corrected chi connectivity index (χ0v) is 16.7. The first kappa shape index (κ1) is 21.4. The number of hydrogen-bond donors (Lipinski definition) is 1. The summed E-state index contributed by atoms with van der Waals surface area (Å²) in [5.41, 5.74) is 5.61. The van der Waals surface area contributed by atoms with E-state index in [9.17, 15) is 4.79 Å². The molecule has 0 aromatic carbocycles. The van der Waals surface area contributed by atoms with Crippen LogP contribution in [0.15, 0.2) is 12.2 Å². The molecule has 2 aliphatic carbocycles. The summed E-state index contributed by atoms with van der Waals surface area (Å²) in [7, 11) is 0. The summed E-state index contributed by atoms with van der Waals surface area (Å²) in [6.45, 7) is 6.44. The van der Waals surface area contributed by atoms with Gasteiger partial charge in [-0.25, -0.2) is 4.79 Å². The molecule has 2 fully saturated rings. The molecule has 4 heteroatoms. The number of rotatable bonds is 10. The van der Waals surface area contributed by atoms with Crippen molar-refractivity contribution in [2.24, 2.45) is 29.4 Å². The minimum atomic E-state index is -0.545. The molecule has 0 aromatic heterocycles. The molecule has 0 heterocycles. The van der Waals surface area contributed by atoms with Gasteiger partial charge in [0.2, 0.25) is 0 Å². The lowest BCUT2D eigenvalue weighted by Crippen LogP contribution is -2.27. The molecule has 0 saturated heterocycles. The number of nitrogens with two attached hydrogens (primary N) is 1.